The lowest BCUT2D eigenvalue weighted by Crippen LogP contribution is -2.13. The second-order valence-corrected chi connectivity index (χ2v) is 4.53. The number of carbonyl (C=O) groups is 1. The van der Waals surface area contributed by atoms with Gasteiger partial charge in [0.1, 0.15) is 11.3 Å². The minimum absolute atomic E-state index is 0.114. The van der Waals surface area contributed by atoms with Gasteiger partial charge in [0, 0.05) is 12.1 Å². The Labute approximate surface area is 104 Å². The molecule has 1 aromatic carbocycles. The fourth-order valence-electron chi connectivity index (χ4n) is 2.37. The number of benzene rings is 1. The molecular formula is C13H14O5. The highest BCUT2D eigenvalue weighted by Crippen LogP contribution is 2.39. The molecule has 0 atom stereocenters. The van der Waals surface area contributed by atoms with E-state index in [1.54, 1.807) is 6.07 Å². The second-order valence-electron chi connectivity index (χ2n) is 4.53. The van der Waals surface area contributed by atoms with E-state index in [0.717, 1.165) is 25.7 Å². The van der Waals surface area contributed by atoms with Gasteiger partial charge in [0.2, 0.25) is 6.79 Å². The van der Waals surface area contributed by atoms with Crippen molar-refractivity contribution in [3.8, 4) is 17.2 Å². The van der Waals surface area contributed by atoms with Crippen molar-refractivity contribution < 1.29 is 24.1 Å². The van der Waals surface area contributed by atoms with Crippen LogP contribution in [0.25, 0.3) is 0 Å². The summed E-state index contributed by atoms with van der Waals surface area (Å²) in [5.74, 6) is 0.374. The van der Waals surface area contributed by atoms with Crippen LogP contribution in [0.4, 0.5) is 0 Å². The van der Waals surface area contributed by atoms with E-state index in [1.165, 1.54) is 6.07 Å². The zero-order valence-corrected chi connectivity index (χ0v) is 9.85. The zero-order chi connectivity index (χ0) is 12.5. The Kier molecular flexibility index (Phi) is 2.74. The van der Waals surface area contributed by atoms with Gasteiger partial charge in [-0.15, -0.1) is 0 Å². The molecule has 1 N–H and O–H groups in total. The SMILES string of the molecule is O=C(O)c1cc2c(cc1OC1CCCC1)OCO2. The van der Waals surface area contributed by atoms with Crippen LogP contribution in [-0.4, -0.2) is 24.0 Å². The number of ether oxygens (including phenoxy) is 3. The average Bonchev–Trinajstić information content (AvgIpc) is 2.97. The van der Waals surface area contributed by atoms with E-state index in [4.69, 9.17) is 14.2 Å². The summed E-state index contributed by atoms with van der Waals surface area (Å²) in [5.41, 5.74) is 0.131. The first-order chi connectivity index (χ1) is 8.74. The van der Waals surface area contributed by atoms with Crippen LogP contribution in [0, 0.1) is 0 Å². The molecule has 0 aromatic heterocycles. The van der Waals surface area contributed by atoms with E-state index in [0.29, 0.717) is 17.2 Å². The van der Waals surface area contributed by atoms with Gasteiger partial charge in [-0.25, -0.2) is 4.79 Å². The maximum atomic E-state index is 11.2. The van der Waals surface area contributed by atoms with Crippen LogP contribution in [0.2, 0.25) is 0 Å². The van der Waals surface area contributed by atoms with Gasteiger partial charge in [-0.3, -0.25) is 0 Å². The van der Waals surface area contributed by atoms with E-state index in [1.807, 2.05) is 0 Å². The first-order valence-electron chi connectivity index (χ1n) is 6.07. The molecule has 3 rings (SSSR count). The van der Waals surface area contributed by atoms with Gasteiger partial charge in [0.15, 0.2) is 11.5 Å². The van der Waals surface area contributed by atoms with Crippen LogP contribution < -0.4 is 14.2 Å². The Bertz CT molecular complexity index is 477. The third kappa shape index (κ3) is 1.96. The molecule has 1 aliphatic carbocycles. The summed E-state index contributed by atoms with van der Waals surface area (Å²) >= 11 is 0. The van der Waals surface area contributed by atoms with Crippen LogP contribution in [0.1, 0.15) is 36.0 Å². The molecule has 1 heterocycles. The lowest BCUT2D eigenvalue weighted by Gasteiger charge is -2.15. The molecule has 18 heavy (non-hydrogen) atoms. The maximum Gasteiger partial charge on any atom is 0.339 e. The number of hydrogen-bond donors (Lipinski definition) is 1. The van der Waals surface area contributed by atoms with Crippen LogP contribution in [0.3, 0.4) is 0 Å². The first kappa shape index (κ1) is 11.2. The number of aromatic carboxylic acids is 1. The summed E-state index contributed by atoms with van der Waals surface area (Å²) in [6, 6.07) is 3.08. The Balaban J connectivity index is 1.92. The predicted octanol–water partition coefficient (Wildman–Crippen LogP) is 2.43. The summed E-state index contributed by atoms with van der Waals surface area (Å²) in [6.07, 6.45) is 4.35. The highest BCUT2D eigenvalue weighted by molar-refractivity contribution is 5.92. The standard InChI is InChI=1S/C13H14O5/c14-13(15)9-5-11-12(17-7-16-11)6-10(9)18-8-3-1-2-4-8/h5-6,8H,1-4,7H2,(H,14,15). The maximum absolute atomic E-state index is 11.2. The van der Waals surface area contributed by atoms with Crippen molar-refractivity contribution in [2.45, 2.75) is 31.8 Å². The fourth-order valence-corrected chi connectivity index (χ4v) is 2.37. The number of carboxylic acids is 1. The van der Waals surface area contributed by atoms with Gasteiger partial charge < -0.3 is 19.3 Å². The minimum atomic E-state index is -1.01. The summed E-state index contributed by atoms with van der Waals surface area (Å²) in [5, 5.41) is 9.19. The Morgan fingerprint density at radius 3 is 2.56 bits per heavy atom. The number of rotatable bonds is 3. The zero-order valence-electron chi connectivity index (χ0n) is 9.85. The van der Waals surface area contributed by atoms with E-state index >= 15 is 0 Å². The number of fused-ring (bicyclic) bond motifs is 1. The summed E-state index contributed by atoms with van der Waals surface area (Å²) in [4.78, 5) is 11.2. The van der Waals surface area contributed by atoms with Crippen molar-refractivity contribution in [3.05, 3.63) is 17.7 Å². The van der Waals surface area contributed by atoms with Crippen LogP contribution in [0.5, 0.6) is 17.2 Å². The first-order valence-corrected chi connectivity index (χ1v) is 6.07. The average molecular weight is 250 g/mol. The van der Waals surface area contributed by atoms with Crippen LogP contribution in [-0.2, 0) is 0 Å². The highest BCUT2D eigenvalue weighted by atomic mass is 16.7. The van der Waals surface area contributed by atoms with Gasteiger partial charge >= 0.3 is 5.97 Å². The lowest BCUT2D eigenvalue weighted by atomic mass is 10.1. The highest BCUT2D eigenvalue weighted by Gasteiger charge is 2.24. The molecule has 0 amide bonds. The molecule has 0 unspecified atom stereocenters. The molecule has 1 saturated carbocycles. The number of carboxylic acid groups (broad SMARTS) is 1. The Hall–Kier alpha value is -1.91. The smallest absolute Gasteiger partial charge is 0.339 e. The third-order valence-electron chi connectivity index (χ3n) is 3.30. The van der Waals surface area contributed by atoms with Gasteiger partial charge in [0.25, 0.3) is 0 Å². The van der Waals surface area contributed by atoms with E-state index in [2.05, 4.69) is 0 Å². The molecule has 0 radical (unpaired) electrons. The minimum Gasteiger partial charge on any atom is -0.489 e. The molecule has 5 heteroatoms. The van der Waals surface area contributed by atoms with Crippen LogP contribution in [0.15, 0.2) is 12.1 Å². The van der Waals surface area contributed by atoms with Crippen molar-refractivity contribution >= 4 is 5.97 Å². The molecule has 2 aliphatic rings. The molecule has 5 nitrogen and oxygen atoms in total. The van der Waals surface area contributed by atoms with E-state index in [-0.39, 0.29) is 18.5 Å². The van der Waals surface area contributed by atoms with Crippen LogP contribution >= 0.6 is 0 Å². The quantitative estimate of drug-likeness (QED) is 0.892. The second kappa shape index (κ2) is 4.40. The predicted molar refractivity (Wildman–Crippen MR) is 62.4 cm³/mol. The Morgan fingerprint density at radius 1 is 1.22 bits per heavy atom. The van der Waals surface area contributed by atoms with Crippen molar-refractivity contribution in [1.29, 1.82) is 0 Å². The number of hydrogen-bond acceptors (Lipinski definition) is 4. The third-order valence-corrected chi connectivity index (χ3v) is 3.30. The molecule has 1 aromatic rings. The molecule has 96 valence electrons. The Morgan fingerprint density at radius 2 is 1.89 bits per heavy atom. The molecule has 0 saturated heterocycles. The molecular weight excluding hydrogens is 236 g/mol. The summed E-state index contributed by atoms with van der Waals surface area (Å²) in [6.45, 7) is 0.126. The molecule has 0 spiro atoms. The van der Waals surface area contributed by atoms with Gasteiger partial charge in [-0.05, 0) is 25.7 Å². The summed E-state index contributed by atoms with van der Waals surface area (Å²) in [7, 11) is 0. The topological polar surface area (TPSA) is 65.0 Å². The van der Waals surface area contributed by atoms with E-state index in [9.17, 15) is 9.90 Å². The van der Waals surface area contributed by atoms with Gasteiger partial charge in [-0.1, -0.05) is 0 Å². The van der Waals surface area contributed by atoms with Crippen molar-refractivity contribution in [2.24, 2.45) is 0 Å². The largest absolute Gasteiger partial charge is 0.489 e. The fraction of sp³-hybridized carbons (Fsp3) is 0.462. The van der Waals surface area contributed by atoms with Crippen molar-refractivity contribution in [1.82, 2.24) is 0 Å². The van der Waals surface area contributed by atoms with Crippen molar-refractivity contribution in [3.63, 3.8) is 0 Å². The monoisotopic (exact) mass is 250 g/mol. The molecule has 1 fully saturated rings. The van der Waals surface area contributed by atoms with E-state index < -0.39 is 5.97 Å². The summed E-state index contributed by atoms with van der Waals surface area (Å²) < 4.78 is 16.2. The molecule has 1 aliphatic heterocycles. The van der Waals surface area contributed by atoms with Gasteiger partial charge in [-0.2, -0.15) is 0 Å². The van der Waals surface area contributed by atoms with Crippen molar-refractivity contribution in [2.75, 3.05) is 6.79 Å². The lowest BCUT2D eigenvalue weighted by molar-refractivity contribution is 0.0689. The molecule has 0 bridgehead atoms. The van der Waals surface area contributed by atoms with Gasteiger partial charge in [0.05, 0.1) is 6.10 Å². The normalized spacial score (nSPS) is 18.0.